The second-order valence-corrected chi connectivity index (χ2v) is 7.71. The van der Waals surface area contributed by atoms with Gasteiger partial charge < -0.3 is 10.2 Å². The lowest BCUT2D eigenvalue weighted by molar-refractivity contribution is -0.125. The first-order chi connectivity index (χ1) is 12.3. The maximum atomic E-state index is 12.2. The van der Waals surface area contributed by atoms with Gasteiger partial charge in [-0.2, -0.15) is 0 Å². The summed E-state index contributed by atoms with van der Waals surface area (Å²) in [6.07, 6.45) is 7.53. The first kappa shape index (κ1) is 16.4. The van der Waals surface area contributed by atoms with Crippen LogP contribution in [0.2, 0.25) is 0 Å². The van der Waals surface area contributed by atoms with E-state index in [0.29, 0.717) is 6.04 Å². The molecule has 4 rings (SSSR count). The monoisotopic (exact) mass is 354 g/mol. The van der Waals surface area contributed by atoms with Crippen LogP contribution in [0, 0.1) is 5.92 Å². The molecule has 1 saturated carbocycles. The van der Waals surface area contributed by atoms with Crippen molar-refractivity contribution in [2.45, 2.75) is 41.6 Å². The SMILES string of the molecule is O=C(NC1CC1)C1CCN(c2nccnc2Sc2ccccc2)CC1. The molecule has 0 atom stereocenters. The second kappa shape index (κ2) is 7.44. The van der Waals surface area contributed by atoms with Gasteiger partial charge in [0.25, 0.3) is 0 Å². The molecule has 0 radical (unpaired) electrons. The molecule has 0 unspecified atom stereocenters. The minimum atomic E-state index is 0.138. The van der Waals surface area contributed by atoms with Crippen molar-refractivity contribution in [3.63, 3.8) is 0 Å². The lowest BCUT2D eigenvalue weighted by Crippen LogP contribution is -2.41. The third-order valence-electron chi connectivity index (χ3n) is 4.69. The van der Waals surface area contributed by atoms with Crippen molar-refractivity contribution in [1.82, 2.24) is 15.3 Å². The summed E-state index contributed by atoms with van der Waals surface area (Å²) in [4.78, 5) is 24.8. The van der Waals surface area contributed by atoms with Crippen LogP contribution in [0.1, 0.15) is 25.7 Å². The van der Waals surface area contributed by atoms with Crippen molar-refractivity contribution in [3.05, 3.63) is 42.7 Å². The first-order valence-electron chi connectivity index (χ1n) is 8.89. The molecule has 130 valence electrons. The molecule has 1 amide bonds. The number of amides is 1. The van der Waals surface area contributed by atoms with Crippen LogP contribution in [0.25, 0.3) is 0 Å². The van der Waals surface area contributed by atoms with E-state index in [9.17, 15) is 4.79 Å². The van der Waals surface area contributed by atoms with Gasteiger partial charge in [-0.05, 0) is 37.8 Å². The van der Waals surface area contributed by atoms with Gasteiger partial charge in [0.05, 0.1) is 0 Å². The highest BCUT2D eigenvalue weighted by Crippen LogP contribution is 2.33. The highest BCUT2D eigenvalue weighted by Gasteiger charge is 2.30. The molecule has 5 nitrogen and oxygen atoms in total. The Hall–Kier alpha value is -2.08. The van der Waals surface area contributed by atoms with Crippen LogP contribution in [-0.2, 0) is 4.79 Å². The molecule has 2 aromatic rings. The summed E-state index contributed by atoms with van der Waals surface area (Å²) >= 11 is 1.64. The standard InChI is InChI=1S/C19H22N4OS/c24-18(22-15-6-7-15)14-8-12-23(13-9-14)17-19(21-11-10-20-17)25-16-4-2-1-3-5-16/h1-5,10-11,14-15H,6-9,12-13H2,(H,22,24). The van der Waals surface area contributed by atoms with E-state index in [1.807, 2.05) is 18.2 Å². The number of piperidine rings is 1. The Balaban J connectivity index is 1.41. The van der Waals surface area contributed by atoms with Gasteiger partial charge in [-0.1, -0.05) is 30.0 Å². The van der Waals surface area contributed by atoms with E-state index in [0.717, 1.165) is 54.5 Å². The molecule has 0 bridgehead atoms. The Morgan fingerprint density at radius 1 is 1.04 bits per heavy atom. The number of rotatable bonds is 5. The summed E-state index contributed by atoms with van der Waals surface area (Å²) in [7, 11) is 0. The molecule has 2 fully saturated rings. The topological polar surface area (TPSA) is 58.1 Å². The summed E-state index contributed by atoms with van der Waals surface area (Å²) in [6.45, 7) is 1.70. The average molecular weight is 354 g/mol. The number of carbonyl (C=O) groups is 1. The van der Waals surface area contributed by atoms with Crippen LogP contribution in [0.3, 0.4) is 0 Å². The normalized spacial score (nSPS) is 18.2. The minimum Gasteiger partial charge on any atom is -0.354 e. The molecule has 25 heavy (non-hydrogen) atoms. The summed E-state index contributed by atoms with van der Waals surface area (Å²) in [6, 6.07) is 10.7. The molecule has 1 aliphatic heterocycles. The average Bonchev–Trinajstić information content (AvgIpc) is 3.47. The molecule has 0 spiro atoms. The highest BCUT2D eigenvalue weighted by molar-refractivity contribution is 7.99. The predicted octanol–water partition coefficient (Wildman–Crippen LogP) is 3.12. The molecule has 1 aromatic heterocycles. The van der Waals surface area contributed by atoms with Crippen molar-refractivity contribution in [2.24, 2.45) is 5.92 Å². The molecule has 1 saturated heterocycles. The number of aromatic nitrogens is 2. The van der Waals surface area contributed by atoms with Gasteiger partial charge in [-0.15, -0.1) is 0 Å². The minimum absolute atomic E-state index is 0.138. The third kappa shape index (κ3) is 4.12. The highest BCUT2D eigenvalue weighted by atomic mass is 32.2. The lowest BCUT2D eigenvalue weighted by atomic mass is 9.96. The summed E-state index contributed by atoms with van der Waals surface area (Å²) < 4.78 is 0. The summed E-state index contributed by atoms with van der Waals surface area (Å²) in [5.41, 5.74) is 0. The molecular formula is C19H22N4OS. The number of anilines is 1. The molecular weight excluding hydrogens is 332 g/mol. The van der Waals surface area contributed by atoms with Crippen molar-refractivity contribution in [1.29, 1.82) is 0 Å². The summed E-state index contributed by atoms with van der Waals surface area (Å²) in [5, 5.41) is 4.06. The van der Waals surface area contributed by atoms with Gasteiger partial charge in [0.15, 0.2) is 5.82 Å². The van der Waals surface area contributed by atoms with E-state index in [1.54, 1.807) is 24.2 Å². The van der Waals surface area contributed by atoms with E-state index < -0.39 is 0 Å². The Labute approximate surface area is 152 Å². The number of benzene rings is 1. The van der Waals surface area contributed by atoms with Crippen LogP contribution in [0.5, 0.6) is 0 Å². The number of carbonyl (C=O) groups excluding carboxylic acids is 1. The van der Waals surface area contributed by atoms with Crippen LogP contribution in [0.15, 0.2) is 52.6 Å². The van der Waals surface area contributed by atoms with Gasteiger partial charge in [-0.3, -0.25) is 4.79 Å². The van der Waals surface area contributed by atoms with Gasteiger partial charge in [0.2, 0.25) is 5.91 Å². The Morgan fingerprint density at radius 2 is 1.76 bits per heavy atom. The zero-order chi connectivity index (χ0) is 17.1. The van der Waals surface area contributed by atoms with Crippen molar-refractivity contribution < 1.29 is 4.79 Å². The number of hydrogen-bond donors (Lipinski definition) is 1. The fourth-order valence-electron chi connectivity index (χ4n) is 3.11. The van der Waals surface area contributed by atoms with E-state index >= 15 is 0 Å². The van der Waals surface area contributed by atoms with E-state index in [1.165, 1.54) is 0 Å². The molecule has 1 N–H and O–H groups in total. The van der Waals surface area contributed by atoms with Gasteiger partial charge in [0.1, 0.15) is 5.03 Å². The third-order valence-corrected chi connectivity index (χ3v) is 5.68. The molecule has 1 aromatic carbocycles. The zero-order valence-electron chi connectivity index (χ0n) is 14.1. The Kier molecular flexibility index (Phi) is 4.88. The molecule has 6 heteroatoms. The Morgan fingerprint density at radius 3 is 2.48 bits per heavy atom. The maximum absolute atomic E-state index is 12.2. The van der Waals surface area contributed by atoms with Crippen LogP contribution >= 0.6 is 11.8 Å². The molecule has 2 heterocycles. The largest absolute Gasteiger partial charge is 0.354 e. The first-order valence-corrected chi connectivity index (χ1v) is 9.70. The van der Waals surface area contributed by atoms with Crippen molar-refractivity contribution in [3.8, 4) is 0 Å². The fraction of sp³-hybridized carbons (Fsp3) is 0.421. The van der Waals surface area contributed by atoms with Crippen molar-refractivity contribution in [2.75, 3.05) is 18.0 Å². The van der Waals surface area contributed by atoms with Crippen LogP contribution < -0.4 is 10.2 Å². The van der Waals surface area contributed by atoms with Crippen molar-refractivity contribution >= 4 is 23.5 Å². The van der Waals surface area contributed by atoms with E-state index in [-0.39, 0.29) is 11.8 Å². The quantitative estimate of drug-likeness (QED) is 0.894. The smallest absolute Gasteiger partial charge is 0.223 e. The van der Waals surface area contributed by atoms with Gasteiger partial charge in [-0.25, -0.2) is 9.97 Å². The number of nitrogens with one attached hydrogen (secondary N) is 1. The van der Waals surface area contributed by atoms with E-state index in [4.69, 9.17) is 0 Å². The predicted molar refractivity (Wildman–Crippen MR) is 98.7 cm³/mol. The van der Waals surface area contributed by atoms with Gasteiger partial charge >= 0.3 is 0 Å². The number of nitrogens with zero attached hydrogens (tertiary/aromatic N) is 3. The number of hydrogen-bond acceptors (Lipinski definition) is 5. The zero-order valence-corrected chi connectivity index (χ0v) is 14.9. The van der Waals surface area contributed by atoms with Crippen LogP contribution in [-0.4, -0.2) is 35.0 Å². The molecule has 2 aliphatic rings. The fourth-order valence-corrected chi connectivity index (χ4v) is 4.01. The summed E-state index contributed by atoms with van der Waals surface area (Å²) in [5.74, 6) is 1.30. The lowest BCUT2D eigenvalue weighted by Gasteiger charge is -2.32. The molecule has 1 aliphatic carbocycles. The maximum Gasteiger partial charge on any atom is 0.223 e. The van der Waals surface area contributed by atoms with E-state index in [2.05, 4.69) is 32.3 Å². The second-order valence-electron chi connectivity index (χ2n) is 6.64. The van der Waals surface area contributed by atoms with Gasteiger partial charge in [0, 0.05) is 42.3 Å². The van der Waals surface area contributed by atoms with Crippen LogP contribution in [0.4, 0.5) is 5.82 Å². The Bertz CT molecular complexity index is 727.